The predicted molar refractivity (Wildman–Crippen MR) is 118 cm³/mol. The molecule has 5 nitrogen and oxygen atoms in total. The molecule has 146 valence electrons. The summed E-state index contributed by atoms with van der Waals surface area (Å²) < 4.78 is 5.80. The highest BCUT2D eigenvalue weighted by atomic mass is 35.5. The number of aryl methyl sites for hydroxylation is 1. The van der Waals surface area contributed by atoms with Gasteiger partial charge < -0.3 is 15.0 Å². The summed E-state index contributed by atoms with van der Waals surface area (Å²) in [5, 5.41) is 4.20. The molecule has 4 rings (SSSR count). The zero-order valence-corrected chi connectivity index (χ0v) is 17.2. The molecule has 0 unspecified atom stereocenters. The molecule has 29 heavy (non-hydrogen) atoms. The number of carbonyl (C=O) groups excluding carboxylic acids is 1. The average Bonchev–Trinajstić information content (AvgIpc) is 3.12. The Labute approximate surface area is 177 Å². The number of rotatable bonds is 6. The molecular weight excluding hydrogens is 406 g/mol. The Balaban J connectivity index is 1.31. The first kappa shape index (κ1) is 19.4. The molecule has 1 heterocycles. The van der Waals surface area contributed by atoms with E-state index in [0.717, 1.165) is 16.8 Å². The van der Waals surface area contributed by atoms with Crippen molar-refractivity contribution in [3.05, 3.63) is 77.3 Å². The van der Waals surface area contributed by atoms with Crippen molar-refractivity contribution in [3.8, 4) is 11.5 Å². The zero-order chi connectivity index (χ0) is 20.2. The summed E-state index contributed by atoms with van der Waals surface area (Å²) in [6, 6.07) is 20.6. The molecular formula is C22H18ClN3O2S. The van der Waals surface area contributed by atoms with Crippen LogP contribution in [0.2, 0.25) is 5.02 Å². The monoisotopic (exact) mass is 423 g/mol. The third kappa shape index (κ3) is 5.10. The van der Waals surface area contributed by atoms with Crippen LogP contribution >= 0.6 is 23.4 Å². The van der Waals surface area contributed by atoms with Crippen LogP contribution in [0.1, 0.15) is 5.56 Å². The number of anilines is 1. The minimum atomic E-state index is -0.110. The van der Waals surface area contributed by atoms with Crippen molar-refractivity contribution in [2.24, 2.45) is 0 Å². The number of hydrogen-bond acceptors (Lipinski definition) is 4. The Kier molecular flexibility index (Phi) is 5.74. The number of benzene rings is 3. The van der Waals surface area contributed by atoms with Crippen molar-refractivity contribution >= 4 is 46.0 Å². The van der Waals surface area contributed by atoms with Crippen LogP contribution in [0.15, 0.2) is 71.9 Å². The fourth-order valence-corrected chi connectivity index (χ4v) is 3.56. The summed E-state index contributed by atoms with van der Waals surface area (Å²) in [5.74, 6) is 1.62. The number of H-pyrrole nitrogens is 1. The predicted octanol–water partition coefficient (Wildman–Crippen LogP) is 6.05. The van der Waals surface area contributed by atoms with Gasteiger partial charge in [-0.05, 0) is 61.5 Å². The van der Waals surface area contributed by atoms with E-state index in [2.05, 4.69) is 15.3 Å². The van der Waals surface area contributed by atoms with Gasteiger partial charge in [-0.15, -0.1) is 0 Å². The van der Waals surface area contributed by atoms with Crippen molar-refractivity contribution in [1.82, 2.24) is 9.97 Å². The number of thioether (sulfide) groups is 1. The second-order valence-electron chi connectivity index (χ2n) is 6.48. The number of aromatic nitrogens is 2. The summed E-state index contributed by atoms with van der Waals surface area (Å²) in [5.41, 5.74) is 3.56. The largest absolute Gasteiger partial charge is 0.457 e. The van der Waals surface area contributed by atoms with Gasteiger partial charge in [-0.3, -0.25) is 4.79 Å². The van der Waals surface area contributed by atoms with Gasteiger partial charge in [0.25, 0.3) is 0 Å². The Bertz CT molecular complexity index is 1140. The maximum absolute atomic E-state index is 12.2. The van der Waals surface area contributed by atoms with Gasteiger partial charge in [-0.2, -0.15) is 0 Å². The lowest BCUT2D eigenvalue weighted by atomic mass is 10.2. The highest BCUT2D eigenvalue weighted by molar-refractivity contribution is 7.99. The van der Waals surface area contributed by atoms with E-state index >= 15 is 0 Å². The first-order valence-corrected chi connectivity index (χ1v) is 10.3. The highest BCUT2D eigenvalue weighted by Crippen LogP contribution is 2.24. The van der Waals surface area contributed by atoms with E-state index in [1.54, 1.807) is 6.07 Å². The molecule has 0 aliphatic carbocycles. The van der Waals surface area contributed by atoms with Gasteiger partial charge >= 0.3 is 0 Å². The number of fused-ring (bicyclic) bond motifs is 1. The van der Waals surface area contributed by atoms with Gasteiger partial charge in [0.1, 0.15) is 11.5 Å². The first-order valence-electron chi connectivity index (χ1n) is 8.98. The lowest BCUT2D eigenvalue weighted by Crippen LogP contribution is -2.13. The Morgan fingerprint density at radius 1 is 1.07 bits per heavy atom. The molecule has 3 aromatic carbocycles. The molecule has 0 spiro atoms. The highest BCUT2D eigenvalue weighted by Gasteiger charge is 2.08. The van der Waals surface area contributed by atoms with Crippen molar-refractivity contribution in [3.63, 3.8) is 0 Å². The third-order valence-corrected chi connectivity index (χ3v) is 5.27. The van der Waals surface area contributed by atoms with Crippen LogP contribution in [0, 0.1) is 6.92 Å². The Morgan fingerprint density at radius 3 is 2.48 bits per heavy atom. The van der Waals surface area contributed by atoms with Gasteiger partial charge in [0, 0.05) is 10.7 Å². The van der Waals surface area contributed by atoms with Crippen molar-refractivity contribution in [2.45, 2.75) is 12.1 Å². The minimum Gasteiger partial charge on any atom is -0.457 e. The molecule has 0 bridgehead atoms. The lowest BCUT2D eigenvalue weighted by molar-refractivity contribution is -0.113. The number of carbonyl (C=O) groups is 1. The molecule has 0 saturated heterocycles. The molecule has 1 aromatic heterocycles. The van der Waals surface area contributed by atoms with E-state index in [0.29, 0.717) is 21.6 Å². The molecule has 0 atom stereocenters. The van der Waals surface area contributed by atoms with E-state index in [-0.39, 0.29) is 11.7 Å². The van der Waals surface area contributed by atoms with E-state index in [1.165, 1.54) is 17.3 Å². The second kappa shape index (κ2) is 8.59. The SMILES string of the molecule is Cc1ccc(Oc2ccc(NC(=O)CSc3nc4ccc(Cl)cc4[nH]3)cc2)cc1. The van der Waals surface area contributed by atoms with E-state index in [1.807, 2.05) is 67.6 Å². The molecule has 1 amide bonds. The fourth-order valence-electron chi connectivity index (χ4n) is 2.71. The first-order chi connectivity index (χ1) is 14.0. The van der Waals surface area contributed by atoms with E-state index in [4.69, 9.17) is 16.3 Å². The van der Waals surface area contributed by atoms with Crippen LogP contribution in [0.4, 0.5) is 5.69 Å². The molecule has 0 aliphatic heterocycles. The van der Waals surface area contributed by atoms with Crippen LogP contribution in [0.5, 0.6) is 11.5 Å². The van der Waals surface area contributed by atoms with Crippen LogP contribution in [0.25, 0.3) is 11.0 Å². The van der Waals surface area contributed by atoms with Crippen LogP contribution in [-0.4, -0.2) is 21.6 Å². The molecule has 2 N–H and O–H groups in total. The normalized spacial score (nSPS) is 10.8. The van der Waals surface area contributed by atoms with Gasteiger partial charge in [0.05, 0.1) is 16.8 Å². The zero-order valence-electron chi connectivity index (χ0n) is 15.6. The summed E-state index contributed by atoms with van der Waals surface area (Å²) >= 11 is 7.32. The van der Waals surface area contributed by atoms with Crippen molar-refractivity contribution < 1.29 is 9.53 Å². The van der Waals surface area contributed by atoms with Gasteiger partial charge in [0.2, 0.25) is 5.91 Å². The molecule has 7 heteroatoms. The number of amides is 1. The van der Waals surface area contributed by atoms with Crippen LogP contribution in [-0.2, 0) is 4.79 Å². The maximum atomic E-state index is 12.2. The summed E-state index contributed by atoms with van der Waals surface area (Å²) in [6.45, 7) is 2.03. The number of ether oxygens (including phenoxy) is 1. The molecule has 0 saturated carbocycles. The summed E-state index contributed by atoms with van der Waals surface area (Å²) in [7, 11) is 0. The number of nitrogens with one attached hydrogen (secondary N) is 2. The topological polar surface area (TPSA) is 67.0 Å². The van der Waals surface area contributed by atoms with Gasteiger partial charge in [-0.25, -0.2) is 4.98 Å². The Morgan fingerprint density at radius 2 is 1.76 bits per heavy atom. The number of nitrogens with zero attached hydrogens (tertiary/aromatic N) is 1. The van der Waals surface area contributed by atoms with Gasteiger partial charge in [0.15, 0.2) is 5.16 Å². The summed E-state index contributed by atoms with van der Waals surface area (Å²) in [4.78, 5) is 19.8. The van der Waals surface area contributed by atoms with E-state index < -0.39 is 0 Å². The molecule has 4 aromatic rings. The standard InChI is InChI=1S/C22H18ClN3O2S/c1-14-2-7-17(8-3-14)28-18-9-5-16(6-10-18)24-21(27)13-29-22-25-19-11-4-15(23)12-20(19)26-22/h2-12H,13H2,1H3,(H,24,27)(H,25,26). The van der Waals surface area contributed by atoms with Crippen LogP contribution < -0.4 is 10.1 Å². The maximum Gasteiger partial charge on any atom is 0.234 e. The Hall–Kier alpha value is -2.96. The van der Waals surface area contributed by atoms with Crippen molar-refractivity contribution in [2.75, 3.05) is 11.1 Å². The van der Waals surface area contributed by atoms with Crippen molar-refractivity contribution in [1.29, 1.82) is 0 Å². The molecule has 0 aliphatic rings. The average molecular weight is 424 g/mol. The second-order valence-corrected chi connectivity index (χ2v) is 7.88. The van der Waals surface area contributed by atoms with Crippen LogP contribution in [0.3, 0.4) is 0 Å². The third-order valence-electron chi connectivity index (χ3n) is 4.16. The summed E-state index contributed by atoms with van der Waals surface area (Å²) in [6.07, 6.45) is 0. The minimum absolute atomic E-state index is 0.110. The lowest BCUT2D eigenvalue weighted by Gasteiger charge is -2.08. The molecule has 0 radical (unpaired) electrons. The number of imidazole rings is 1. The number of aromatic amines is 1. The number of halogens is 1. The fraction of sp³-hybridized carbons (Fsp3) is 0.0909. The number of hydrogen-bond donors (Lipinski definition) is 2. The smallest absolute Gasteiger partial charge is 0.234 e. The molecule has 0 fully saturated rings. The quantitative estimate of drug-likeness (QED) is 0.370. The van der Waals surface area contributed by atoms with E-state index in [9.17, 15) is 4.79 Å². The van der Waals surface area contributed by atoms with Gasteiger partial charge in [-0.1, -0.05) is 41.1 Å².